The van der Waals surface area contributed by atoms with Gasteiger partial charge in [0.15, 0.2) is 0 Å². The molecule has 0 bridgehead atoms. The first-order valence-electron chi connectivity index (χ1n) is 7.49. The molecule has 0 unspecified atom stereocenters. The highest BCUT2D eigenvalue weighted by molar-refractivity contribution is 5.37. The van der Waals surface area contributed by atoms with Crippen molar-refractivity contribution in [3.05, 3.63) is 28.6 Å². The summed E-state index contributed by atoms with van der Waals surface area (Å²) in [4.78, 5) is 4.51. The molecule has 1 aromatic heterocycles. The molecule has 0 amide bonds. The third kappa shape index (κ3) is 2.86. The molecule has 4 N–H and O–H groups in total. The van der Waals surface area contributed by atoms with E-state index in [1.807, 2.05) is 6.20 Å². The van der Waals surface area contributed by atoms with Gasteiger partial charge < -0.3 is 21.1 Å². The Morgan fingerprint density at radius 1 is 1.40 bits per heavy atom. The van der Waals surface area contributed by atoms with Gasteiger partial charge in [0.2, 0.25) is 0 Å². The summed E-state index contributed by atoms with van der Waals surface area (Å²) in [7, 11) is 0. The van der Waals surface area contributed by atoms with Crippen LogP contribution in [0.3, 0.4) is 0 Å². The van der Waals surface area contributed by atoms with Gasteiger partial charge >= 0.3 is 0 Å². The second-order valence-corrected chi connectivity index (χ2v) is 6.01. The Morgan fingerprint density at radius 2 is 2.30 bits per heavy atom. The summed E-state index contributed by atoms with van der Waals surface area (Å²) >= 11 is 0. The topological polar surface area (TPSA) is 69.2 Å². The number of fused-ring (bicyclic) bond motifs is 1. The van der Waals surface area contributed by atoms with E-state index in [1.165, 1.54) is 16.7 Å². The van der Waals surface area contributed by atoms with Crippen molar-refractivity contribution < 1.29 is 5.11 Å². The molecule has 1 saturated heterocycles. The number of pyridine rings is 1. The monoisotopic (exact) mass is 276 g/mol. The molecule has 0 aliphatic carbocycles. The van der Waals surface area contributed by atoms with E-state index in [1.54, 1.807) is 0 Å². The predicted molar refractivity (Wildman–Crippen MR) is 78.5 cm³/mol. The standard InChI is InChI=1S/C15H24N4O/c1-11-14(8-18-10-15(20)3-5-17-9-15)13-2-4-16-6-12(13)7-19-11/h7,16-18,20H,2-6,8-10H2,1H3/t15-/m0/s1. The number of rotatable bonds is 4. The summed E-state index contributed by atoms with van der Waals surface area (Å²) < 4.78 is 0. The summed E-state index contributed by atoms with van der Waals surface area (Å²) in [5.74, 6) is 0. The number of hydrogen-bond acceptors (Lipinski definition) is 5. The maximum Gasteiger partial charge on any atom is 0.0907 e. The molecular formula is C15H24N4O. The third-order valence-corrected chi connectivity index (χ3v) is 4.45. The van der Waals surface area contributed by atoms with E-state index in [2.05, 4.69) is 27.9 Å². The van der Waals surface area contributed by atoms with E-state index in [0.29, 0.717) is 13.1 Å². The van der Waals surface area contributed by atoms with Gasteiger partial charge in [0.25, 0.3) is 0 Å². The van der Waals surface area contributed by atoms with Crippen molar-refractivity contribution >= 4 is 0 Å². The van der Waals surface area contributed by atoms with Crippen molar-refractivity contribution in [1.29, 1.82) is 0 Å². The van der Waals surface area contributed by atoms with E-state index in [4.69, 9.17) is 0 Å². The Kier molecular flexibility index (Phi) is 4.03. The Morgan fingerprint density at radius 3 is 3.10 bits per heavy atom. The van der Waals surface area contributed by atoms with Crippen molar-refractivity contribution in [2.45, 2.75) is 38.5 Å². The highest BCUT2D eigenvalue weighted by Crippen LogP contribution is 2.20. The number of aliphatic hydroxyl groups is 1. The molecule has 20 heavy (non-hydrogen) atoms. The fraction of sp³-hybridized carbons (Fsp3) is 0.667. The Labute approximate surface area is 120 Å². The Hall–Kier alpha value is -1.01. The van der Waals surface area contributed by atoms with Gasteiger partial charge in [-0.1, -0.05) is 0 Å². The van der Waals surface area contributed by atoms with E-state index < -0.39 is 5.60 Å². The second kappa shape index (κ2) is 5.77. The summed E-state index contributed by atoms with van der Waals surface area (Å²) in [5.41, 5.74) is 4.60. The molecule has 0 radical (unpaired) electrons. The first-order valence-corrected chi connectivity index (χ1v) is 7.49. The highest BCUT2D eigenvalue weighted by atomic mass is 16.3. The lowest BCUT2D eigenvalue weighted by Crippen LogP contribution is -2.42. The lowest BCUT2D eigenvalue weighted by molar-refractivity contribution is 0.0608. The Bertz CT molecular complexity index is 483. The zero-order chi connectivity index (χ0) is 14.0. The predicted octanol–water partition coefficient (Wildman–Crippen LogP) is -0.150. The number of hydrogen-bond donors (Lipinski definition) is 4. The number of aromatic nitrogens is 1. The zero-order valence-corrected chi connectivity index (χ0v) is 12.1. The van der Waals surface area contributed by atoms with Crippen molar-refractivity contribution in [3.8, 4) is 0 Å². The SMILES string of the molecule is Cc1ncc2c(c1CNC[C@]1(O)CCNC1)CCNC2. The van der Waals surface area contributed by atoms with E-state index >= 15 is 0 Å². The summed E-state index contributed by atoms with van der Waals surface area (Å²) in [5, 5.41) is 20.3. The van der Waals surface area contributed by atoms with Crippen LogP contribution in [0.15, 0.2) is 6.20 Å². The van der Waals surface area contributed by atoms with Crippen LogP contribution in [0.2, 0.25) is 0 Å². The number of aryl methyl sites for hydroxylation is 1. The zero-order valence-electron chi connectivity index (χ0n) is 12.1. The average Bonchev–Trinajstić information content (AvgIpc) is 2.88. The molecule has 0 aromatic carbocycles. The van der Waals surface area contributed by atoms with Crippen molar-refractivity contribution in [3.63, 3.8) is 0 Å². The maximum atomic E-state index is 10.3. The van der Waals surface area contributed by atoms with Crippen LogP contribution in [0.25, 0.3) is 0 Å². The molecule has 110 valence electrons. The minimum atomic E-state index is -0.586. The van der Waals surface area contributed by atoms with Gasteiger partial charge in [-0.15, -0.1) is 0 Å². The van der Waals surface area contributed by atoms with Crippen LogP contribution in [0.4, 0.5) is 0 Å². The van der Waals surface area contributed by atoms with Crippen LogP contribution in [0.5, 0.6) is 0 Å². The van der Waals surface area contributed by atoms with E-state index in [-0.39, 0.29) is 0 Å². The van der Waals surface area contributed by atoms with Gasteiger partial charge in [0.05, 0.1) is 5.60 Å². The quantitative estimate of drug-likeness (QED) is 0.616. The van der Waals surface area contributed by atoms with Crippen LogP contribution >= 0.6 is 0 Å². The van der Waals surface area contributed by atoms with Gasteiger partial charge in [-0.3, -0.25) is 4.98 Å². The fourth-order valence-electron chi connectivity index (χ4n) is 3.18. The average molecular weight is 276 g/mol. The lowest BCUT2D eigenvalue weighted by Gasteiger charge is -2.24. The minimum Gasteiger partial charge on any atom is -0.387 e. The number of nitrogens with zero attached hydrogens (tertiary/aromatic N) is 1. The molecule has 3 rings (SSSR count). The van der Waals surface area contributed by atoms with Crippen LogP contribution in [-0.4, -0.2) is 41.9 Å². The van der Waals surface area contributed by atoms with Crippen molar-refractivity contribution in [2.75, 3.05) is 26.2 Å². The number of β-amino-alcohol motifs (C(OH)–C–C–N with tert-alkyl or cyclic N) is 1. The van der Waals surface area contributed by atoms with Crippen LogP contribution < -0.4 is 16.0 Å². The molecule has 0 saturated carbocycles. The van der Waals surface area contributed by atoms with Gasteiger partial charge in [-0.2, -0.15) is 0 Å². The van der Waals surface area contributed by atoms with E-state index in [0.717, 1.165) is 44.7 Å². The number of nitrogens with one attached hydrogen (secondary N) is 3. The lowest BCUT2D eigenvalue weighted by atomic mass is 9.95. The Balaban J connectivity index is 1.67. The molecule has 2 aliphatic rings. The van der Waals surface area contributed by atoms with Gasteiger partial charge in [0, 0.05) is 38.1 Å². The summed E-state index contributed by atoms with van der Waals surface area (Å²) in [6.45, 7) is 7.07. The molecular weight excluding hydrogens is 252 g/mol. The smallest absolute Gasteiger partial charge is 0.0907 e. The van der Waals surface area contributed by atoms with Gasteiger partial charge in [-0.05, 0) is 49.5 Å². The maximum absolute atomic E-state index is 10.3. The molecule has 5 nitrogen and oxygen atoms in total. The summed E-state index contributed by atoms with van der Waals surface area (Å²) in [6, 6.07) is 0. The molecule has 3 heterocycles. The van der Waals surface area contributed by atoms with Crippen molar-refractivity contribution in [2.24, 2.45) is 0 Å². The molecule has 1 fully saturated rings. The first-order chi connectivity index (χ1) is 9.68. The normalized spacial score (nSPS) is 25.7. The largest absolute Gasteiger partial charge is 0.387 e. The third-order valence-electron chi connectivity index (χ3n) is 4.45. The van der Waals surface area contributed by atoms with Crippen LogP contribution in [-0.2, 0) is 19.5 Å². The van der Waals surface area contributed by atoms with Crippen LogP contribution in [0, 0.1) is 6.92 Å². The van der Waals surface area contributed by atoms with E-state index in [9.17, 15) is 5.11 Å². The highest BCUT2D eigenvalue weighted by Gasteiger charge is 2.30. The first kappa shape index (κ1) is 13.9. The molecule has 1 aromatic rings. The second-order valence-electron chi connectivity index (χ2n) is 6.01. The minimum absolute atomic E-state index is 0.586. The fourth-order valence-corrected chi connectivity index (χ4v) is 3.18. The van der Waals surface area contributed by atoms with Crippen LogP contribution in [0.1, 0.15) is 28.8 Å². The molecule has 5 heteroatoms. The molecule has 1 atom stereocenters. The van der Waals surface area contributed by atoms with Gasteiger partial charge in [-0.25, -0.2) is 0 Å². The molecule has 2 aliphatic heterocycles. The van der Waals surface area contributed by atoms with Gasteiger partial charge in [0.1, 0.15) is 0 Å². The molecule has 0 spiro atoms. The van der Waals surface area contributed by atoms with Crippen molar-refractivity contribution in [1.82, 2.24) is 20.9 Å². The summed E-state index contributed by atoms with van der Waals surface area (Å²) in [6.07, 6.45) is 3.89.